The van der Waals surface area contributed by atoms with E-state index in [4.69, 9.17) is 0 Å². The van der Waals surface area contributed by atoms with Crippen molar-refractivity contribution < 1.29 is 9.90 Å². The summed E-state index contributed by atoms with van der Waals surface area (Å²) >= 11 is 0. The van der Waals surface area contributed by atoms with Crippen LogP contribution >= 0.6 is 0 Å². The first kappa shape index (κ1) is 17.4. The number of rotatable bonds is 6. The minimum atomic E-state index is -0.830. The Morgan fingerprint density at radius 2 is 2.00 bits per heavy atom. The fourth-order valence-corrected chi connectivity index (χ4v) is 3.27. The minimum Gasteiger partial charge on any atom is -0.480 e. The van der Waals surface area contributed by atoms with Gasteiger partial charge in [-0.25, -0.2) is 0 Å². The van der Waals surface area contributed by atoms with Crippen molar-refractivity contribution in [1.82, 2.24) is 10.2 Å². The summed E-state index contributed by atoms with van der Waals surface area (Å²) in [6, 6.07) is 0.300. The topological polar surface area (TPSA) is 52.6 Å². The molecule has 0 aliphatic carbocycles. The molecule has 1 fully saturated rings. The SMILES string of the molecule is CNC(C)(CC(C)N1CCCC(C(C)C)CC1)C(=O)O. The lowest BCUT2D eigenvalue weighted by Crippen LogP contribution is -2.52. The zero-order valence-corrected chi connectivity index (χ0v) is 13.8. The van der Waals surface area contributed by atoms with Gasteiger partial charge in [-0.15, -0.1) is 0 Å². The lowest BCUT2D eigenvalue weighted by atomic mass is 9.89. The second-order valence-corrected chi connectivity index (χ2v) is 6.91. The predicted octanol–water partition coefficient (Wildman–Crippen LogP) is 2.59. The number of carboxylic acid groups (broad SMARTS) is 1. The molecule has 0 aromatic carbocycles. The van der Waals surface area contributed by atoms with Gasteiger partial charge in [-0.1, -0.05) is 13.8 Å². The van der Waals surface area contributed by atoms with E-state index in [2.05, 4.69) is 31.0 Å². The van der Waals surface area contributed by atoms with Gasteiger partial charge >= 0.3 is 5.97 Å². The first-order chi connectivity index (χ1) is 9.30. The number of nitrogens with one attached hydrogen (secondary N) is 1. The quantitative estimate of drug-likeness (QED) is 0.787. The highest BCUT2D eigenvalue weighted by Gasteiger charge is 2.35. The first-order valence-electron chi connectivity index (χ1n) is 7.96. The molecule has 20 heavy (non-hydrogen) atoms. The molecule has 118 valence electrons. The van der Waals surface area contributed by atoms with E-state index < -0.39 is 11.5 Å². The maximum absolute atomic E-state index is 11.4. The maximum Gasteiger partial charge on any atom is 0.323 e. The van der Waals surface area contributed by atoms with Gasteiger partial charge in [0, 0.05) is 6.04 Å². The van der Waals surface area contributed by atoms with E-state index in [1.54, 1.807) is 14.0 Å². The third kappa shape index (κ3) is 4.45. The van der Waals surface area contributed by atoms with E-state index in [9.17, 15) is 9.90 Å². The Bertz CT molecular complexity index is 320. The van der Waals surface area contributed by atoms with Gasteiger partial charge in [-0.2, -0.15) is 0 Å². The van der Waals surface area contributed by atoms with E-state index in [0.717, 1.165) is 24.9 Å². The fraction of sp³-hybridized carbons (Fsp3) is 0.938. The van der Waals surface area contributed by atoms with Crippen molar-refractivity contribution >= 4 is 5.97 Å². The number of carboxylic acids is 1. The van der Waals surface area contributed by atoms with Gasteiger partial charge in [0.1, 0.15) is 5.54 Å². The van der Waals surface area contributed by atoms with Crippen molar-refractivity contribution in [2.24, 2.45) is 11.8 Å². The van der Waals surface area contributed by atoms with Gasteiger partial charge in [0.25, 0.3) is 0 Å². The molecule has 2 N–H and O–H groups in total. The average Bonchev–Trinajstić information content (AvgIpc) is 2.64. The van der Waals surface area contributed by atoms with Crippen molar-refractivity contribution in [2.45, 2.75) is 65.0 Å². The van der Waals surface area contributed by atoms with Crippen LogP contribution < -0.4 is 5.32 Å². The molecule has 0 aromatic heterocycles. The summed E-state index contributed by atoms with van der Waals surface area (Å²) in [5.41, 5.74) is -0.830. The van der Waals surface area contributed by atoms with E-state index in [1.807, 2.05) is 0 Å². The number of aliphatic carboxylic acids is 1. The molecule has 3 unspecified atom stereocenters. The molecule has 1 rings (SSSR count). The Labute approximate surface area is 123 Å². The van der Waals surface area contributed by atoms with Crippen LogP contribution in [0.3, 0.4) is 0 Å². The number of nitrogens with zero attached hydrogens (tertiary/aromatic N) is 1. The summed E-state index contributed by atoms with van der Waals surface area (Å²) in [7, 11) is 1.73. The molecular formula is C16H32N2O2. The van der Waals surface area contributed by atoms with Crippen molar-refractivity contribution in [3.05, 3.63) is 0 Å². The van der Waals surface area contributed by atoms with E-state index >= 15 is 0 Å². The molecule has 3 atom stereocenters. The van der Waals surface area contributed by atoms with Crippen LogP contribution in [-0.4, -0.2) is 47.7 Å². The van der Waals surface area contributed by atoms with Crippen LogP contribution in [-0.2, 0) is 4.79 Å². The van der Waals surface area contributed by atoms with Crippen molar-refractivity contribution in [1.29, 1.82) is 0 Å². The number of hydrogen-bond acceptors (Lipinski definition) is 3. The molecule has 0 amide bonds. The fourth-order valence-electron chi connectivity index (χ4n) is 3.27. The lowest BCUT2D eigenvalue weighted by Gasteiger charge is -2.34. The molecule has 1 aliphatic rings. The lowest BCUT2D eigenvalue weighted by molar-refractivity contribution is -0.144. The largest absolute Gasteiger partial charge is 0.480 e. The third-order valence-corrected chi connectivity index (χ3v) is 5.10. The van der Waals surface area contributed by atoms with Crippen LogP contribution in [0.5, 0.6) is 0 Å². The number of likely N-dealkylation sites (N-methyl/N-ethyl adjacent to an activating group) is 1. The number of hydrogen-bond donors (Lipinski definition) is 2. The highest BCUT2D eigenvalue weighted by molar-refractivity contribution is 5.78. The summed E-state index contributed by atoms with van der Waals surface area (Å²) < 4.78 is 0. The smallest absolute Gasteiger partial charge is 0.323 e. The monoisotopic (exact) mass is 284 g/mol. The second kappa shape index (κ2) is 7.41. The highest BCUT2D eigenvalue weighted by Crippen LogP contribution is 2.27. The Morgan fingerprint density at radius 1 is 1.35 bits per heavy atom. The number of likely N-dealkylation sites (tertiary alicyclic amines) is 1. The van der Waals surface area contributed by atoms with Gasteiger partial charge in [-0.05, 0) is 71.5 Å². The van der Waals surface area contributed by atoms with Crippen molar-refractivity contribution in [2.75, 3.05) is 20.1 Å². The van der Waals surface area contributed by atoms with E-state index in [-0.39, 0.29) is 0 Å². The third-order valence-electron chi connectivity index (χ3n) is 5.10. The molecule has 0 spiro atoms. The summed E-state index contributed by atoms with van der Waals surface area (Å²) in [5.74, 6) is 0.816. The zero-order chi connectivity index (χ0) is 15.3. The van der Waals surface area contributed by atoms with Crippen LogP contribution in [0.1, 0.15) is 53.4 Å². The predicted molar refractivity (Wildman–Crippen MR) is 82.9 cm³/mol. The van der Waals surface area contributed by atoms with Crippen molar-refractivity contribution in [3.63, 3.8) is 0 Å². The summed E-state index contributed by atoms with van der Waals surface area (Å²) in [6.45, 7) is 10.8. The molecule has 1 heterocycles. The Balaban J connectivity index is 2.59. The van der Waals surface area contributed by atoms with Gasteiger partial charge in [0.05, 0.1) is 0 Å². The Hall–Kier alpha value is -0.610. The zero-order valence-electron chi connectivity index (χ0n) is 13.8. The van der Waals surface area contributed by atoms with E-state index in [1.165, 1.54) is 19.3 Å². The van der Waals surface area contributed by atoms with Crippen LogP contribution in [0.2, 0.25) is 0 Å². The van der Waals surface area contributed by atoms with Gasteiger partial charge in [0.15, 0.2) is 0 Å². The molecule has 4 nitrogen and oxygen atoms in total. The second-order valence-electron chi connectivity index (χ2n) is 6.91. The molecule has 1 saturated heterocycles. The van der Waals surface area contributed by atoms with Gasteiger partial charge < -0.3 is 15.3 Å². The van der Waals surface area contributed by atoms with Crippen LogP contribution in [0.15, 0.2) is 0 Å². The number of carbonyl (C=O) groups is 1. The van der Waals surface area contributed by atoms with Gasteiger partial charge in [0.2, 0.25) is 0 Å². The molecule has 4 heteroatoms. The standard InChI is InChI=1S/C16H32N2O2/c1-12(2)14-7-6-9-18(10-8-14)13(3)11-16(4,17-5)15(19)20/h12-14,17H,6-11H2,1-5H3,(H,19,20). The Morgan fingerprint density at radius 3 is 2.50 bits per heavy atom. The summed E-state index contributed by atoms with van der Waals surface area (Å²) in [6.07, 6.45) is 4.43. The van der Waals surface area contributed by atoms with Gasteiger partial charge in [-0.3, -0.25) is 4.79 Å². The molecule has 0 aromatic rings. The van der Waals surface area contributed by atoms with Crippen LogP contribution in [0.25, 0.3) is 0 Å². The first-order valence-corrected chi connectivity index (χ1v) is 7.96. The maximum atomic E-state index is 11.4. The summed E-state index contributed by atoms with van der Waals surface area (Å²) in [5, 5.41) is 12.3. The molecule has 0 radical (unpaired) electrons. The molecular weight excluding hydrogens is 252 g/mol. The summed E-state index contributed by atoms with van der Waals surface area (Å²) in [4.78, 5) is 13.9. The van der Waals surface area contributed by atoms with Crippen LogP contribution in [0.4, 0.5) is 0 Å². The molecule has 0 bridgehead atoms. The van der Waals surface area contributed by atoms with E-state index in [0.29, 0.717) is 12.5 Å². The normalized spacial score (nSPS) is 26.0. The highest BCUT2D eigenvalue weighted by atomic mass is 16.4. The van der Waals surface area contributed by atoms with Crippen molar-refractivity contribution in [3.8, 4) is 0 Å². The minimum absolute atomic E-state index is 0.300. The molecule has 0 saturated carbocycles. The van der Waals surface area contributed by atoms with Crippen LogP contribution in [0, 0.1) is 11.8 Å². The molecule has 1 aliphatic heterocycles. The average molecular weight is 284 g/mol. The Kier molecular flexibility index (Phi) is 6.46.